The molecule has 32 heavy (non-hydrogen) atoms. The van der Waals surface area contributed by atoms with Gasteiger partial charge in [0.25, 0.3) is 5.56 Å². The Morgan fingerprint density at radius 2 is 1.81 bits per heavy atom. The standard InChI is InChI=1S/C26H29N3O3/c30-25(27-22-13-19-9-4-5-10-20(19)14-22)17-29-26(31)21(15-23-11-6-12-32-23)16-24(28-29)18-7-2-1-3-8-18/h4-6,9-12,16,18,22H,1-3,7-8,13-15,17H2,(H,27,30). The largest absolute Gasteiger partial charge is 0.469 e. The number of carbonyl (C=O) groups excluding carboxylic acids is 1. The highest BCUT2D eigenvalue weighted by atomic mass is 16.3. The SMILES string of the molecule is O=C(Cn1nc(C2CCCCC2)cc(Cc2ccco2)c1=O)NC1Cc2ccccc2C1. The van der Waals surface area contributed by atoms with Crippen LogP contribution in [0.25, 0.3) is 0 Å². The number of hydrogen-bond acceptors (Lipinski definition) is 4. The average molecular weight is 432 g/mol. The molecule has 0 aliphatic heterocycles. The van der Waals surface area contributed by atoms with E-state index in [-0.39, 0.29) is 24.1 Å². The van der Waals surface area contributed by atoms with E-state index in [4.69, 9.17) is 4.42 Å². The molecule has 0 spiro atoms. The summed E-state index contributed by atoms with van der Waals surface area (Å²) in [7, 11) is 0. The van der Waals surface area contributed by atoms with Gasteiger partial charge in [-0.1, -0.05) is 43.5 Å². The number of furan rings is 1. The van der Waals surface area contributed by atoms with Gasteiger partial charge in [0.05, 0.1) is 12.0 Å². The highest BCUT2D eigenvalue weighted by Gasteiger charge is 2.24. The lowest BCUT2D eigenvalue weighted by molar-refractivity contribution is -0.122. The molecule has 1 N–H and O–H groups in total. The summed E-state index contributed by atoms with van der Waals surface area (Å²) in [5.41, 5.74) is 3.91. The summed E-state index contributed by atoms with van der Waals surface area (Å²) < 4.78 is 6.83. The summed E-state index contributed by atoms with van der Waals surface area (Å²) >= 11 is 0. The predicted octanol–water partition coefficient (Wildman–Crippen LogP) is 3.76. The number of benzene rings is 1. The van der Waals surface area contributed by atoms with E-state index in [2.05, 4.69) is 22.5 Å². The van der Waals surface area contributed by atoms with E-state index in [1.165, 1.54) is 35.1 Å². The van der Waals surface area contributed by atoms with Gasteiger partial charge >= 0.3 is 0 Å². The van der Waals surface area contributed by atoms with Gasteiger partial charge in [-0.2, -0.15) is 5.10 Å². The van der Waals surface area contributed by atoms with Gasteiger partial charge in [0.1, 0.15) is 12.3 Å². The first-order chi connectivity index (χ1) is 15.7. The highest BCUT2D eigenvalue weighted by molar-refractivity contribution is 5.76. The van der Waals surface area contributed by atoms with Gasteiger partial charge in [0.2, 0.25) is 5.91 Å². The molecule has 0 saturated heterocycles. The molecule has 6 heteroatoms. The second-order valence-corrected chi connectivity index (χ2v) is 9.09. The Kier molecular flexibility index (Phi) is 5.93. The van der Waals surface area contributed by atoms with Gasteiger partial charge in [-0.15, -0.1) is 0 Å². The quantitative estimate of drug-likeness (QED) is 0.645. The first kappa shape index (κ1) is 20.7. The zero-order valence-electron chi connectivity index (χ0n) is 18.3. The Hall–Kier alpha value is -3.15. The van der Waals surface area contributed by atoms with E-state index >= 15 is 0 Å². The third-order valence-corrected chi connectivity index (χ3v) is 6.75. The fourth-order valence-corrected chi connectivity index (χ4v) is 5.12. The van der Waals surface area contributed by atoms with Crippen LogP contribution < -0.4 is 10.9 Å². The Balaban J connectivity index is 1.35. The van der Waals surface area contributed by atoms with Crippen LogP contribution in [0.15, 0.2) is 57.9 Å². The van der Waals surface area contributed by atoms with Crippen LogP contribution in [-0.4, -0.2) is 21.7 Å². The lowest BCUT2D eigenvalue weighted by atomic mass is 9.86. The smallest absolute Gasteiger partial charge is 0.270 e. The number of carbonyl (C=O) groups is 1. The van der Waals surface area contributed by atoms with Crippen LogP contribution in [0.3, 0.4) is 0 Å². The topological polar surface area (TPSA) is 77.1 Å². The lowest BCUT2D eigenvalue weighted by Crippen LogP contribution is -2.40. The number of aromatic nitrogens is 2. The van der Waals surface area contributed by atoms with Crippen molar-refractivity contribution >= 4 is 5.91 Å². The Bertz CT molecular complexity index is 1120. The summed E-state index contributed by atoms with van der Waals surface area (Å²) in [6.45, 7) is -0.0581. The molecule has 0 radical (unpaired) electrons. The van der Waals surface area contributed by atoms with E-state index in [1.807, 2.05) is 30.3 Å². The van der Waals surface area contributed by atoms with Gasteiger partial charge < -0.3 is 9.73 Å². The van der Waals surface area contributed by atoms with Crippen molar-refractivity contribution in [3.8, 4) is 0 Å². The van der Waals surface area contributed by atoms with Gasteiger partial charge in [0, 0.05) is 23.9 Å². The van der Waals surface area contributed by atoms with E-state index in [1.54, 1.807) is 6.26 Å². The number of hydrogen-bond donors (Lipinski definition) is 1. The van der Waals surface area contributed by atoms with Crippen molar-refractivity contribution in [3.63, 3.8) is 0 Å². The molecule has 5 rings (SSSR count). The molecule has 3 aromatic rings. The van der Waals surface area contributed by atoms with E-state index in [0.717, 1.165) is 37.1 Å². The van der Waals surface area contributed by atoms with Crippen LogP contribution in [0.1, 0.15) is 66.2 Å². The lowest BCUT2D eigenvalue weighted by Gasteiger charge is -2.22. The number of amides is 1. The Morgan fingerprint density at radius 3 is 2.50 bits per heavy atom. The molecule has 0 atom stereocenters. The number of fused-ring (bicyclic) bond motifs is 1. The first-order valence-electron chi connectivity index (χ1n) is 11.6. The van der Waals surface area contributed by atoms with Crippen molar-refractivity contribution in [2.24, 2.45) is 0 Å². The normalized spacial score (nSPS) is 16.8. The number of nitrogens with zero attached hydrogens (tertiary/aromatic N) is 2. The molecular weight excluding hydrogens is 402 g/mol. The summed E-state index contributed by atoms with van der Waals surface area (Å²) in [6.07, 6.45) is 9.46. The summed E-state index contributed by atoms with van der Waals surface area (Å²) in [5, 5.41) is 7.76. The van der Waals surface area contributed by atoms with Crippen molar-refractivity contribution in [1.29, 1.82) is 0 Å². The monoisotopic (exact) mass is 431 g/mol. The Labute approximate surface area is 187 Å². The van der Waals surface area contributed by atoms with Crippen molar-refractivity contribution < 1.29 is 9.21 Å². The minimum absolute atomic E-state index is 0.0581. The summed E-state index contributed by atoms with van der Waals surface area (Å²) in [6, 6.07) is 14.0. The van der Waals surface area contributed by atoms with Gasteiger partial charge in [-0.25, -0.2) is 4.68 Å². The van der Waals surface area contributed by atoms with Crippen LogP contribution >= 0.6 is 0 Å². The molecule has 2 aliphatic carbocycles. The van der Waals surface area contributed by atoms with E-state index in [9.17, 15) is 9.59 Å². The molecule has 1 amide bonds. The molecule has 0 bridgehead atoms. The molecule has 1 saturated carbocycles. The Morgan fingerprint density at radius 1 is 1.06 bits per heavy atom. The maximum Gasteiger partial charge on any atom is 0.270 e. The molecule has 2 heterocycles. The maximum atomic E-state index is 13.2. The van der Waals surface area contributed by atoms with Crippen LogP contribution in [0.5, 0.6) is 0 Å². The van der Waals surface area contributed by atoms with Crippen molar-refractivity contribution in [3.05, 3.63) is 87.2 Å². The fraction of sp³-hybridized carbons (Fsp3) is 0.423. The maximum absolute atomic E-state index is 13.2. The third kappa shape index (κ3) is 4.54. The van der Waals surface area contributed by atoms with Crippen molar-refractivity contribution in [2.45, 2.75) is 69.9 Å². The molecule has 1 aromatic carbocycles. The third-order valence-electron chi connectivity index (χ3n) is 6.75. The molecule has 166 valence electrons. The van der Waals surface area contributed by atoms with E-state index in [0.29, 0.717) is 17.9 Å². The zero-order valence-corrected chi connectivity index (χ0v) is 18.3. The first-order valence-corrected chi connectivity index (χ1v) is 11.6. The average Bonchev–Trinajstić information content (AvgIpc) is 3.46. The molecule has 2 aromatic heterocycles. The van der Waals surface area contributed by atoms with Crippen molar-refractivity contribution in [2.75, 3.05) is 0 Å². The van der Waals surface area contributed by atoms with Crippen LogP contribution in [0.4, 0.5) is 0 Å². The van der Waals surface area contributed by atoms with Gasteiger partial charge in [-0.05, 0) is 55.0 Å². The molecule has 2 aliphatic rings. The van der Waals surface area contributed by atoms with E-state index < -0.39 is 0 Å². The molecule has 0 unspecified atom stereocenters. The molecule has 1 fully saturated rings. The fourth-order valence-electron chi connectivity index (χ4n) is 5.12. The minimum atomic E-state index is -0.217. The van der Waals surface area contributed by atoms with Crippen molar-refractivity contribution in [1.82, 2.24) is 15.1 Å². The minimum Gasteiger partial charge on any atom is -0.469 e. The molecule has 6 nitrogen and oxygen atoms in total. The number of rotatable bonds is 6. The predicted molar refractivity (Wildman–Crippen MR) is 122 cm³/mol. The number of nitrogens with one attached hydrogen (secondary N) is 1. The second-order valence-electron chi connectivity index (χ2n) is 9.09. The van der Waals surface area contributed by atoms with Crippen LogP contribution in [0, 0.1) is 0 Å². The van der Waals surface area contributed by atoms with Crippen LogP contribution in [0.2, 0.25) is 0 Å². The second kappa shape index (κ2) is 9.15. The van der Waals surface area contributed by atoms with Gasteiger partial charge in [0.15, 0.2) is 0 Å². The highest BCUT2D eigenvalue weighted by Crippen LogP contribution is 2.31. The summed E-state index contributed by atoms with van der Waals surface area (Å²) in [5.74, 6) is 0.920. The zero-order chi connectivity index (χ0) is 21.9. The summed E-state index contributed by atoms with van der Waals surface area (Å²) in [4.78, 5) is 26.0. The van der Waals surface area contributed by atoms with Gasteiger partial charge in [-0.3, -0.25) is 9.59 Å². The van der Waals surface area contributed by atoms with Crippen LogP contribution in [-0.2, 0) is 30.6 Å². The molecular formula is C26H29N3O3.